The van der Waals surface area contributed by atoms with Gasteiger partial charge in [-0.15, -0.1) is 5.11 Å². The normalized spacial score (nSPS) is 20.6. The highest BCUT2D eigenvalue weighted by Crippen LogP contribution is 2.26. The van der Waals surface area contributed by atoms with E-state index in [0.29, 0.717) is 0 Å². The number of aliphatic hydroxyl groups excluding tert-OH is 1. The summed E-state index contributed by atoms with van der Waals surface area (Å²) in [6, 6.07) is 7.38. The third-order valence-corrected chi connectivity index (χ3v) is 1.58. The van der Waals surface area contributed by atoms with E-state index >= 15 is 0 Å². The van der Waals surface area contributed by atoms with Gasteiger partial charge in [-0.2, -0.15) is 0 Å². The van der Waals surface area contributed by atoms with Crippen LogP contribution in [0.25, 0.3) is 0 Å². The van der Waals surface area contributed by atoms with Crippen molar-refractivity contribution in [2.75, 3.05) is 5.43 Å². The molecule has 2 N–H and O–H groups in total. The Bertz CT molecular complexity index is 297. The van der Waals surface area contributed by atoms with Crippen molar-refractivity contribution in [3.63, 3.8) is 0 Å². The summed E-state index contributed by atoms with van der Waals surface area (Å²) in [5.74, 6) is 0. The summed E-state index contributed by atoms with van der Waals surface area (Å²) in [5.41, 5.74) is 4.27. The molecule has 0 bridgehead atoms. The maximum atomic E-state index is 9.26. The van der Waals surface area contributed by atoms with Crippen LogP contribution in [0.1, 0.15) is 11.8 Å². The molecular weight excluding hydrogens is 142 g/mol. The van der Waals surface area contributed by atoms with Crippen LogP contribution in [0.4, 0.5) is 5.69 Å². The van der Waals surface area contributed by atoms with Gasteiger partial charge in [-0.1, -0.05) is 23.4 Å². The van der Waals surface area contributed by atoms with Crippen LogP contribution >= 0.6 is 0 Å². The zero-order valence-corrected chi connectivity index (χ0v) is 5.73. The minimum atomic E-state index is -0.813. The standard InChI is InChI=1S/C7H7N3O/c11-7-5-3-1-2-4-6(5)8-10-9-7/h1-4,7,11H,(H,8,9). The number of rotatable bonds is 0. The van der Waals surface area contributed by atoms with Crippen molar-refractivity contribution in [3.8, 4) is 0 Å². The Kier molecular flexibility index (Phi) is 1.33. The molecule has 1 aromatic rings. The molecule has 1 aliphatic rings. The lowest BCUT2D eigenvalue weighted by molar-refractivity contribution is 0.177. The first-order valence-corrected chi connectivity index (χ1v) is 3.31. The fourth-order valence-corrected chi connectivity index (χ4v) is 1.02. The first-order valence-electron chi connectivity index (χ1n) is 3.31. The Hall–Kier alpha value is -1.42. The van der Waals surface area contributed by atoms with Gasteiger partial charge in [-0.05, 0) is 6.07 Å². The van der Waals surface area contributed by atoms with Gasteiger partial charge in [0, 0.05) is 5.56 Å². The van der Waals surface area contributed by atoms with Crippen molar-refractivity contribution in [1.29, 1.82) is 0 Å². The lowest BCUT2D eigenvalue weighted by Gasteiger charge is -2.13. The summed E-state index contributed by atoms with van der Waals surface area (Å²) in [5, 5.41) is 16.3. The predicted molar refractivity (Wildman–Crippen MR) is 39.9 cm³/mol. The van der Waals surface area contributed by atoms with Gasteiger partial charge < -0.3 is 5.11 Å². The van der Waals surface area contributed by atoms with E-state index in [0.717, 1.165) is 11.3 Å². The second kappa shape index (κ2) is 2.32. The highest BCUT2D eigenvalue weighted by atomic mass is 16.3. The van der Waals surface area contributed by atoms with Crippen LogP contribution in [0, 0.1) is 0 Å². The summed E-state index contributed by atoms with van der Waals surface area (Å²) >= 11 is 0. The van der Waals surface area contributed by atoms with E-state index in [9.17, 15) is 5.11 Å². The summed E-state index contributed by atoms with van der Waals surface area (Å²) in [6.45, 7) is 0. The maximum absolute atomic E-state index is 9.26. The number of nitrogens with zero attached hydrogens (tertiary/aromatic N) is 2. The van der Waals surface area contributed by atoms with Gasteiger partial charge in [0.2, 0.25) is 0 Å². The van der Waals surface area contributed by atoms with Gasteiger partial charge in [0.1, 0.15) is 0 Å². The first-order chi connectivity index (χ1) is 5.38. The van der Waals surface area contributed by atoms with Gasteiger partial charge in [-0.3, -0.25) is 5.43 Å². The zero-order chi connectivity index (χ0) is 7.68. The third kappa shape index (κ3) is 0.969. The molecule has 56 valence electrons. The van der Waals surface area contributed by atoms with Crippen LogP contribution in [-0.2, 0) is 0 Å². The van der Waals surface area contributed by atoms with Crippen LogP contribution < -0.4 is 5.43 Å². The van der Waals surface area contributed by atoms with Crippen LogP contribution in [0.5, 0.6) is 0 Å². The van der Waals surface area contributed by atoms with Gasteiger partial charge in [0.05, 0.1) is 5.69 Å². The smallest absolute Gasteiger partial charge is 0.195 e. The molecule has 1 unspecified atom stereocenters. The molecule has 0 fully saturated rings. The second-order valence-electron chi connectivity index (χ2n) is 2.29. The average molecular weight is 149 g/mol. The number of para-hydroxylation sites is 1. The molecule has 0 radical (unpaired) electrons. The summed E-state index contributed by atoms with van der Waals surface area (Å²) in [6.07, 6.45) is -0.813. The molecule has 0 aromatic heterocycles. The summed E-state index contributed by atoms with van der Waals surface area (Å²) < 4.78 is 0. The number of benzene rings is 1. The van der Waals surface area contributed by atoms with Crippen LogP contribution in [0.15, 0.2) is 34.6 Å². The molecule has 4 heteroatoms. The molecule has 11 heavy (non-hydrogen) atoms. The lowest BCUT2D eigenvalue weighted by Crippen LogP contribution is -2.04. The van der Waals surface area contributed by atoms with Crippen LogP contribution in [0.2, 0.25) is 0 Å². The van der Waals surface area contributed by atoms with Crippen molar-refractivity contribution < 1.29 is 5.11 Å². The highest BCUT2D eigenvalue weighted by molar-refractivity contribution is 5.52. The Morgan fingerprint density at radius 1 is 1.36 bits per heavy atom. The molecule has 0 saturated carbocycles. The minimum absolute atomic E-state index is 0.766. The fourth-order valence-electron chi connectivity index (χ4n) is 1.02. The minimum Gasteiger partial charge on any atom is -0.366 e. The maximum Gasteiger partial charge on any atom is 0.195 e. The van der Waals surface area contributed by atoms with Crippen molar-refractivity contribution in [1.82, 2.24) is 0 Å². The quantitative estimate of drug-likeness (QED) is 0.586. The molecule has 1 aromatic carbocycles. The number of nitrogens with one attached hydrogen (secondary N) is 1. The first kappa shape index (κ1) is 6.30. The van der Waals surface area contributed by atoms with E-state index in [-0.39, 0.29) is 0 Å². The van der Waals surface area contributed by atoms with E-state index in [4.69, 9.17) is 0 Å². The number of anilines is 1. The SMILES string of the molecule is OC1N=NNc2ccccc21. The zero-order valence-electron chi connectivity index (χ0n) is 5.73. The Labute approximate surface area is 63.6 Å². The van der Waals surface area contributed by atoms with E-state index in [1.807, 2.05) is 24.3 Å². The molecule has 2 rings (SSSR count). The average Bonchev–Trinajstić information content (AvgIpc) is 2.06. The second-order valence-corrected chi connectivity index (χ2v) is 2.29. The Balaban J connectivity index is 2.50. The van der Waals surface area contributed by atoms with E-state index < -0.39 is 6.23 Å². The monoisotopic (exact) mass is 149 g/mol. The molecule has 1 aliphatic heterocycles. The van der Waals surface area contributed by atoms with Crippen molar-refractivity contribution in [2.45, 2.75) is 6.23 Å². The van der Waals surface area contributed by atoms with E-state index in [1.54, 1.807) is 0 Å². The van der Waals surface area contributed by atoms with Gasteiger partial charge in [0.15, 0.2) is 6.23 Å². The van der Waals surface area contributed by atoms with Crippen LogP contribution in [-0.4, -0.2) is 5.11 Å². The molecule has 0 amide bonds. The van der Waals surface area contributed by atoms with Crippen molar-refractivity contribution in [3.05, 3.63) is 29.8 Å². The molecule has 1 atom stereocenters. The van der Waals surface area contributed by atoms with Crippen molar-refractivity contribution >= 4 is 5.69 Å². The van der Waals surface area contributed by atoms with Gasteiger partial charge in [0.25, 0.3) is 0 Å². The highest BCUT2D eigenvalue weighted by Gasteiger charge is 2.13. The van der Waals surface area contributed by atoms with E-state index in [2.05, 4.69) is 15.8 Å². The summed E-state index contributed by atoms with van der Waals surface area (Å²) in [7, 11) is 0. The van der Waals surface area contributed by atoms with E-state index in [1.165, 1.54) is 0 Å². The molecule has 0 saturated heterocycles. The molecule has 4 nitrogen and oxygen atoms in total. The van der Waals surface area contributed by atoms with Crippen LogP contribution in [0.3, 0.4) is 0 Å². The fraction of sp³-hybridized carbons (Fsp3) is 0.143. The number of hydrogen-bond acceptors (Lipinski definition) is 4. The number of fused-ring (bicyclic) bond motifs is 1. The number of hydrogen-bond donors (Lipinski definition) is 2. The van der Waals surface area contributed by atoms with Gasteiger partial charge >= 0.3 is 0 Å². The predicted octanol–water partition coefficient (Wildman–Crippen LogP) is 1.47. The summed E-state index contributed by atoms with van der Waals surface area (Å²) in [4.78, 5) is 0. The Morgan fingerprint density at radius 3 is 3.00 bits per heavy atom. The largest absolute Gasteiger partial charge is 0.366 e. The number of aliphatic hydroxyl groups is 1. The molecule has 0 aliphatic carbocycles. The topological polar surface area (TPSA) is 57.0 Å². The Morgan fingerprint density at radius 2 is 2.18 bits per heavy atom. The van der Waals surface area contributed by atoms with Crippen molar-refractivity contribution in [2.24, 2.45) is 10.3 Å². The van der Waals surface area contributed by atoms with Gasteiger partial charge in [-0.25, -0.2) is 0 Å². The molecule has 1 heterocycles. The lowest BCUT2D eigenvalue weighted by atomic mass is 10.1. The molecule has 0 spiro atoms. The molecular formula is C7H7N3O. The third-order valence-electron chi connectivity index (χ3n) is 1.58.